The van der Waals surface area contributed by atoms with E-state index in [1.165, 1.54) is 0 Å². The van der Waals surface area contributed by atoms with E-state index in [1.807, 2.05) is 27.7 Å². The topological polar surface area (TPSA) is 87.7 Å². The van der Waals surface area contributed by atoms with Gasteiger partial charge < -0.3 is 20.3 Å². The van der Waals surface area contributed by atoms with Crippen molar-refractivity contribution >= 4 is 17.9 Å². The van der Waals surface area contributed by atoms with Crippen molar-refractivity contribution in [1.29, 1.82) is 0 Å². The normalized spacial score (nSPS) is 18.5. The Morgan fingerprint density at radius 2 is 1.91 bits per heavy atom. The van der Waals surface area contributed by atoms with Crippen molar-refractivity contribution in [2.75, 3.05) is 26.2 Å². The van der Waals surface area contributed by atoms with E-state index in [0.717, 1.165) is 6.42 Å². The van der Waals surface area contributed by atoms with Crippen molar-refractivity contribution in [1.82, 2.24) is 15.5 Å². The highest BCUT2D eigenvalue weighted by Gasteiger charge is 2.31. The second-order valence-electron chi connectivity index (χ2n) is 6.44. The van der Waals surface area contributed by atoms with E-state index in [0.29, 0.717) is 26.1 Å². The third kappa shape index (κ3) is 6.32. The number of nitrogens with zero attached hydrogens (tertiary/aromatic N) is 1. The van der Waals surface area contributed by atoms with Gasteiger partial charge in [-0.15, -0.1) is 0 Å². The smallest absolute Gasteiger partial charge is 0.410 e. The van der Waals surface area contributed by atoms with Gasteiger partial charge in [0.15, 0.2) is 0 Å². The quantitative estimate of drug-likeness (QED) is 0.807. The number of piperidine rings is 1. The van der Waals surface area contributed by atoms with Crippen molar-refractivity contribution in [2.45, 2.75) is 46.1 Å². The molecule has 3 amide bonds. The van der Waals surface area contributed by atoms with Crippen molar-refractivity contribution < 1.29 is 19.1 Å². The maximum absolute atomic E-state index is 12.1. The van der Waals surface area contributed by atoms with Gasteiger partial charge in [-0.05, 0) is 40.5 Å². The predicted octanol–water partition coefficient (Wildman–Crippen LogP) is 0.886. The molecule has 0 saturated carbocycles. The Labute approximate surface area is 131 Å². The summed E-state index contributed by atoms with van der Waals surface area (Å²) in [6, 6.07) is 0. The Kier molecular flexibility index (Phi) is 6.64. The number of nitrogens with one attached hydrogen (secondary N) is 2. The summed E-state index contributed by atoms with van der Waals surface area (Å²) in [6.07, 6.45) is 1.06. The number of hydrogen-bond acceptors (Lipinski definition) is 4. The molecule has 0 aromatic rings. The second-order valence-corrected chi connectivity index (χ2v) is 6.44. The van der Waals surface area contributed by atoms with Gasteiger partial charge in [-0.1, -0.05) is 0 Å². The highest BCUT2D eigenvalue weighted by molar-refractivity contribution is 5.86. The van der Waals surface area contributed by atoms with Crippen LogP contribution in [0.5, 0.6) is 0 Å². The summed E-state index contributed by atoms with van der Waals surface area (Å²) in [5, 5.41) is 5.23. The molecule has 2 N–H and O–H groups in total. The third-order valence-corrected chi connectivity index (χ3v) is 3.24. The first kappa shape index (κ1) is 18.3. The maximum atomic E-state index is 12.1. The largest absolute Gasteiger partial charge is 0.444 e. The SMILES string of the molecule is CCNC(=O)CNC(=O)[C@H]1CCCN(C(=O)OC(C)(C)C)C1. The molecule has 1 saturated heterocycles. The molecule has 0 aromatic heterocycles. The van der Waals surface area contributed by atoms with E-state index >= 15 is 0 Å². The number of carbonyl (C=O) groups is 3. The van der Waals surface area contributed by atoms with Crippen LogP contribution in [0.4, 0.5) is 4.79 Å². The Morgan fingerprint density at radius 3 is 2.50 bits per heavy atom. The highest BCUT2D eigenvalue weighted by atomic mass is 16.6. The van der Waals surface area contributed by atoms with E-state index in [9.17, 15) is 14.4 Å². The van der Waals surface area contributed by atoms with Gasteiger partial charge in [-0.2, -0.15) is 0 Å². The van der Waals surface area contributed by atoms with Crippen molar-refractivity contribution in [3.8, 4) is 0 Å². The molecule has 1 heterocycles. The van der Waals surface area contributed by atoms with Crippen LogP contribution in [0.25, 0.3) is 0 Å². The molecule has 7 nitrogen and oxygen atoms in total. The summed E-state index contributed by atoms with van der Waals surface area (Å²) < 4.78 is 5.33. The lowest BCUT2D eigenvalue weighted by atomic mass is 9.97. The minimum atomic E-state index is -0.551. The average Bonchev–Trinajstić information content (AvgIpc) is 2.43. The van der Waals surface area contributed by atoms with Gasteiger partial charge in [-0.3, -0.25) is 9.59 Å². The van der Waals surface area contributed by atoms with Crippen molar-refractivity contribution in [2.24, 2.45) is 5.92 Å². The molecule has 0 unspecified atom stereocenters. The number of rotatable bonds is 4. The van der Waals surface area contributed by atoms with Gasteiger partial charge in [0.1, 0.15) is 5.60 Å². The first-order valence-electron chi connectivity index (χ1n) is 7.75. The first-order chi connectivity index (χ1) is 10.2. The summed E-state index contributed by atoms with van der Waals surface area (Å²) in [6.45, 7) is 8.67. The molecule has 1 atom stereocenters. The number of carbonyl (C=O) groups excluding carboxylic acids is 3. The van der Waals surface area contributed by atoms with E-state index in [2.05, 4.69) is 10.6 Å². The summed E-state index contributed by atoms with van der Waals surface area (Å²) in [5.74, 6) is -0.703. The molecule has 0 spiro atoms. The van der Waals surface area contributed by atoms with Gasteiger partial charge in [0.2, 0.25) is 11.8 Å². The lowest BCUT2D eigenvalue weighted by Gasteiger charge is -2.33. The highest BCUT2D eigenvalue weighted by Crippen LogP contribution is 2.19. The molecule has 7 heteroatoms. The molecular formula is C15H27N3O4. The molecule has 0 aliphatic carbocycles. The van der Waals surface area contributed by atoms with Gasteiger partial charge in [-0.25, -0.2) is 4.79 Å². The molecular weight excluding hydrogens is 286 g/mol. The van der Waals surface area contributed by atoms with Gasteiger partial charge >= 0.3 is 6.09 Å². The first-order valence-corrected chi connectivity index (χ1v) is 7.75. The van der Waals surface area contributed by atoms with E-state index in [-0.39, 0.29) is 24.3 Å². The van der Waals surface area contributed by atoms with Crippen LogP contribution in [0, 0.1) is 5.92 Å². The number of hydrogen-bond donors (Lipinski definition) is 2. The molecule has 22 heavy (non-hydrogen) atoms. The fourth-order valence-electron chi connectivity index (χ4n) is 2.25. The Hall–Kier alpha value is -1.79. The maximum Gasteiger partial charge on any atom is 0.410 e. The van der Waals surface area contributed by atoms with E-state index in [1.54, 1.807) is 4.90 Å². The summed E-state index contributed by atoms with van der Waals surface area (Å²) in [4.78, 5) is 37.0. The molecule has 1 aliphatic heterocycles. The lowest BCUT2D eigenvalue weighted by molar-refractivity contribution is -0.129. The number of ether oxygens (including phenoxy) is 1. The zero-order valence-electron chi connectivity index (χ0n) is 13.9. The zero-order valence-corrected chi connectivity index (χ0v) is 13.9. The Bertz CT molecular complexity index is 418. The van der Waals surface area contributed by atoms with Crippen LogP contribution in [-0.4, -0.2) is 54.6 Å². The second kappa shape index (κ2) is 8.00. The van der Waals surface area contributed by atoms with E-state index in [4.69, 9.17) is 4.74 Å². The van der Waals surface area contributed by atoms with Crippen LogP contribution in [0.1, 0.15) is 40.5 Å². The zero-order chi connectivity index (χ0) is 16.8. The standard InChI is InChI=1S/C15H27N3O4/c1-5-16-12(19)9-17-13(20)11-7-6-8-18(10-11)14(21)22-15(2,3)4/h11H,5-10H2,1-4H3,(H,16,19)(H,17,20)/t11-/m0/s1. The molecule has 1 aliphatic rings. The van der Waals surface area contributed by atoms with Gasteiger partial charge in [0, 0.05) is 19.6 Å². The monoisotopic (exact) mass is 313 g/mol. The minimum absolute atomic E-state index is 0.0321. The van der Waals surface area contributed by atoms with Crippen LogP contribution in [0.2, 0.25) is 0 Å². The van der Waals surface area contributed by atoms with Crippen LogP contribution >= 0.6 is 0 Å². The predicted molar refractivity (Wildman–Crippen MR) is 82.2 cm³/mol. The molecule has 1 fully saturated rings. The fourth-order valence-corrected chi connectivity index (χ4v) is 2.25. The van der Waals surface area contributed by atoms with Crippen LogP contribution in [-0.2, 0) is 14.3 Å². The van der Waals surface area contributed by atoms with E-state index < -0.39 is 11.7 Å². The summed E-state index contributed by atoms with van der Waals surface area (Å²) >= 11 is 0. The third-order valence-electron chi connectivity index (χ3n) is 3.24. The fraction of sp³-hybridized carbons (Fsp3) is 0.800. The molecule has 0 bridgehead atoms. The average molecular weight is 313 g/mol. The number of likely N-dealkylation sites (tertiary alicyclic amines) is 1. The van der Waals surface area contributed by atoms with Gasteiger partial charge in [0.25, 0.3) is 0 Å². The van der Waals surface area contributed by atoms with Crippen LogP contribution < -0.4 is 10.6 Å². The molecule has 126 valence electrons. The van der Waals surface area contributed by atoms with Crippen LogP contribution in [0.15, 0.2) is 0 Å². The van der Waals surface area contributed by atoms with Crippen molar-refractivity contribution in [3.05, 3.63) is 0 Å². The summed E-state index contributed by atoms with van der Waals surface area (Å²) in [5.41, 5.74) is -0.551. The molecule has 0 radical (unpaired) electrons. The lowest BCUT2D eigenvalue weighted by Crippen LogP contribution is -2.48. The Balaban J connectivity index is 2.47. The number of amides is 3. The summed E-state index contributed by atoms with van der Waals surface area (Å²) in [7, 11) is 0. The Morgan fingerprint density at radius 1 is 1.23 bits per heavy atom. The molecule has 1 rings (SSSR count). The minimum Gasteiger partial charge on any atom is -0.444 e. The molecule has 0 aromatic carbocycles. The number of likely N-dealkylation sites (N-methyl/N-ethyl adjacent to an activating group) is 1. The van der Waals surface area contributed by atoms with Gasteiger partial charge in [0.05, 0.1) is 12.5 Å². The van der Waals surface area contributed by atoms with Crippen LogP contribution in [0.3, 0.4) is 0 Å². The van der Waals surface area contributed by atoms with Crippen molar-refractivity contribution in [3.63, 3.8) is 0 Å².